The number of carbonyl (C=O) groups excluding carboxylic acids is 3. The minimum atomic E-state index is -1.69. The summed E-state index contributed by atoms with van der Waals surface area (Å²) in [4.78, 5) is 40.2. The molecule has 4 N–H and O–H groups in total. The number of rotatable bonds is 10. The number of carbonyl (C=O) groups is 3. The lowest BCUT2D eigenvalue weighted by molar-refractivity contribution is -0.171. The maximum Gasteiger partial charge on any atom is 0.298 e. The number of phenolic OH excluding ortho intramolecular Hbond substituents is 1. The van der Waals surface area contributed by atoms with Crippen molar-refractivity contribution in [2.75, 3.05) is 0 Å². The molecular weight excluding hydrogens is 632 g/mol. The number of fused-ring (bicyclic) bond motifs is 2. The number of allylic oxidation sites excluding steroid dienone is 2. The van der Waals surface area contributed by atoms with E-state index in [2.05, 4.69) is 0 Å². The van der Waals surface area contributed by atoms with Crippen LogP contribution in [0.5, 0.6) is 17.2 Å². The van der Waals surface area contributed by atoms with Crippen molar-refractivity contribution in [3.8, 4) is 17.2 Å². The van der Waals surface area contributed by atoms with Crippen molar-refractivity contribution in [2.45, 2.75) is 121 Å². The van der Waals surface area contributed by atoms with Crippen LogP contribution in [0.1, 0.15) is 96.1 Å². The zero-order valence-corrected chi connectivity index (χ0v) is 29.2. The van der Waals surface area contributed by atoms with Gasteiger partial charge in [-0.1, -0.05) is 18.2 Å². The van der Waals surface area contributed by atoms with Gasteiger partial charge in [0.25, 0.3) is 6.47 Å². The molecule has 1 saturated heterocycles. The number of ketones is 2. The van der Waals surface area contributed by atoms with Crippen LogP contribution in [-0.2, 0) is 25.5 Å². The predicted molar refractivity (Wildman–Crippen MR) is 178 cm³/mol. The average molecular weight is 679 g/mol. The molecule has 7 rings (SSSR count). The largest absolute Gasteiger partial charge is 0.506 e. The molecular formula is C38H46O11. The first-order valence-electron chi connectivity index (χ1n) is 16.7. The highest BCUT2D eigenvalue weighted by atomic mass is 16.6. The summed E-state index contributed by atoms with van der Waals surface area (Å²) in [6.45, 7) is 13.6. The molecule has 1 spiro atoms. The molecule has 6 aliphatic rings. The summed E-state index contributed by atoms with van der Waals surface area (Å²) >= 11 is 0. The van der Waals surface area contributed by atoms with E-state index in [-0.39, 0.29) is 70.4 Å². The summed E-state index contributed by atoms with van der Waals surface area (Å²) in [6.07, 6.45) is 9.08. The maximum absolute atomic E-state index is 14.8. The van der Waals surface area contributed by atoms with E-state index in [1.54, 1.807) is 57.2 Å². The summed E-state index contributed by atoms with van der Waals surface area (Å²) in [5.74, 6) is -1.96. The van der Waals surface area contributed by atoms with Crippen molar-refractivity contribution in [3.63, 3.8) is 0 Å². The minimum Gasteiger partial charge on any atom is -0.506 e. The Morgan fingerprint density at radius 3 is 2.43 bits per heavy atom. The van der Waals surface area contributed by atoms with Crippen molar-refractivity contribution in [2.24, 2.45) is 11.8 Å². The molecule has 0 aromatic heterocycles. The summed E-state index contributed by atoms with van der Waals surface area (Å²) < 4.78 is 25.4. The van der Waals surface area contributed by atoms with E-state index in [4.69, 9.17) is 18.9 Å². The fourth-order valence-corrected chi connectivity index (χ4v) is 8.25. The van der Waals surface area contributed by atoms with E-state index in [1.807, 2.05) is 20.8 Å². The Bertz CT molecular complexity index is 1750. The molecule has 2 fully saturated rings. The normalized spacial score (nSPS) is 31.8. The fourth-order valence-electron chi connectivity index (χ4n) is 8.25. The topological polar surface area (TPSA) is 169 Å². The number of Topliss-reactive ketones (excluding diaryl/α,β-unsaturated/α-hetero) is 2. The predicted octanol–water partition coefficient (Wildman–Crippen LogP) is 4.42. The molecule has 3 unspecified atom stereocenters. The van der Waals surface area contributed by atoms with Gasteiger partial charge in [-0.25, -0.2) is 0 Å². The molecule has 1 aromatic rings. The zero-order chi connectivity index (χ0) is 36.1. The summed E-state index contributed by atoms with van der Waals surface area (Å²) in [7, 11) is 0. The molecule has 0 radical (unpaired) electrons. The highest BCUT2D eigenvalue weighted by Gasteiger charge is 2.81. The van der Waals surface area contributed by atoms with Crippen LogP contribution >= 0.6 is 0 Å². The van der Waals surface area contributed by atoms with Crippen molar-refractivity contribution >= 4 is 24.1 Å². The second-order valence-corrected chi connectivity index (χ2v) is 15.9. The average Bonchev–Trinajstić information content (AvgIpc) is 3.14. The van der Waals surface area contributed by atoms with Crippen LogP contribution < -0.4 is 9.47 Å². The first kappa shape index (κ1) is 35.1. The van der Waals surface area contributed by atoms with Crippen LogP contribution in [-0.4, -0.2) is 78.2 Å². The molecule has 11 heteroatoms. The highest BCUT2D eigenvalue weighted by molar-refractivity contribution is 6.19. The summed E-state index contributed by atoms with van der Waals surface area (Å²) in [5, 5.41) is 44.2. The first-order chi connectivity index (χ1) is 22.6. The Morgan fingerprint density at radius 2 is 1.80 bits per heavy atom. The van der Waals surface area contributed by atoms with Crippen LogP contribution in [0, 0.1) is 11.8 Å². The van der Waals surface area contributed by atoms with Gasteiger partial charge < -0.3 is 39.4 Å². The van der Waals surface area contributed by atoms with E-state index in [0.717, 1.165) is 0 Å². The zero-order valence-electron chi connectivity index (χ0n) is 29.2. The lowest BCUT2D eigenvalue weighted by atomic mass is 9.51. The van der Waals surface area contributed by atoms with Crippen LogP contribution in [0.15, 0.2) is 41.7 Å². The summed E-state index contributed by atoms with van der Waals surface area (Å²) in [6, 6.07) is 0. The molecule has 1 aromatic carbocycles. The Balaban J connectivity index is 1.59. The molecule has 0 amide bonds. The smallest absolute Gasteiger partial charge is 0.298 e. The first-order valence-corrected chi connectivity index (χ1v) is 16.7. The Kier molecular flexibility index (Phi) is 7.96. The summed E-state index contributed by atoms with van der Waals surface area (Å²) in [5.41, 5.74) is -7.34. The van der Waals surface area contributed by atoms with Gasteiger partial charge >= 0.3 is 0 Å². The molecule has 3 aliphatic heterocycles. The van der Waals surface area contributed by atoms with Crippen molar-refractivity contribution in [3.05, 3.63) is 58.4 Å². The molecule has 4 bridgehead atoms. The highest BCUT2D eigenvalue weighted by Crippen LogP contribution is 2.68. The quantitative estimate of drug-likeness (QED) is 0.157. The van der Waals surface area contributed by atoms with Gasteiger partial charge in [0.15, 0.2) is 22.8 Å². The van der Waals surface area contributed by atoms with Gasteiger partial charge in [0.1, 0.15) is 34.2 Å². The molecule has 11 nitrogen and oxygen atoms in total. The van der Waals surface area contributed by atoms with Gasteiger partial charge in [-0.15, -0.1) is 0 Å². The van der Waals surface area contributed by atoms with E-state index >= 15 is 0 Å². The molecule has 264 valence electrons. The van der Waals surface area contributed by atoms with E-state index in [0.29, 0.717) is 12.8 Å². The molecule has 3 heterocycles. The third-order valence-corrected chi connectivity index (χ3v) is 10.7. The van der Waals surface area contributed by atoms with Crippen molar-refractivity contribution in [1.82, 2.24) is 0 Å². The number of benzene rings is 1. The standard InChI is InChI=1S/C38H46O11/c1-20(46-19-39)10-15-37-32(43)21-16-24-29(42)27-28(41)22-11-14-36(8,13-9-12-33(2,3)44)47-30(22)23(18-26(40)34(4,5)45)31(27)48-38(24,37)25(17-21)35(6,7)49-37/h9-12,14,16,19,21,25-26,40-41,44-45H,13,15,17-18H2,1-8H3/b12-9+,20-10-/t21?,25?,26?,36-,37+,38-/m1/s1. The minimum absolute atomic E-state index is 0.0555. The van der Waals surface area contributed by atoms with Gasteiger partial charge in [-0.3, -0.25) is 14.4 Å². The second kappa shape index (κ2) is 11.1. The van der Waals surface area contributed by atoms with Gasteiger partial charge in [0.05, 0.1) is 28.5 Å². The number of aliphatic hydroxyl groups is 3. The van der Waals surface area contributed by atoms with Crippen LogP contribution in [0.2, 0.25) is 0 Å². The lowest BCUT2D eigenvalue weighted by Gasteiger charge is -2.56. The third-order valence-electron chi connectivity index (χ3n) is 10.7. The Hall–Kier alpha value is -3.77. The Morgan fingerprint density at radius 1 is 1.10 bits per heavy atom. The number of hydrogen-bond donors (Lipinski definition) is 4. The SMILES string of the molecule is C/C(=C/C[C@@]12OC(C)(C)C3CC(C=C4C(=O)c5c(O)c6c(c(CC(O)C(C)(C)O)c5O[C@]431)O[C@](C)(C/C=C/C(C)(C)O)C=C6)C2=O)OC=O. The Labute approximate surface area is 285 Å². The van der Waals surface area contributed by atoms with Crippen LogP contribution in [0.4, 0.5) is 0 Å². The number of aromatic hydroxyl groups is 1. The van der Waals surface area contributed by atoms with E-state index in [1.165, 1.54) is 13.8 Å². The number of phenols is 1. The van der Waals surface area contributed by atoms with Gasteiger partial charge in [-0.2, -0.15) is 0 Å². The molecule has 49 heavy (non-hydrogen) atoms. The number of aliphatic hydroxyl groups excluding tert-OH is 1. The van der Waals surface area contributed by atoms with E-state index in [9.17, 15) is 34.8 Å². The number of ether oxygens (including phenoxy) is 4. The molecule has 3 aliphatic carbocycles. The molecule has 1 saturated carbocycles. The lowest BCUT2D eigenvalue weighted by Crippen LogP contribution is -2.72. The van der Waals surface area contributed by atoms with Gasteiger partial charge in [0.2, 0.25) is 0 Å². The number of hydrogen-bond acceptors (Lipinski definition) is 11. The van der Waals surface area contributed by atoms with Gasteiger partial charge in [0, 0.05) is 42.2 Å². The maximum atomic E-state index is 14.8. The molecule has 6 atom stereocenters. The third kappa shape index (κ3) is 5.28. The second-order valence-electron chi connectivity index (χ2n) is 15.9. The fraction of sp³-hybridized carbons (Fsp3) is 0.553. The van der Waals surface area contributed by atoms with Gasteiger partial charge in [-0.05, 0) is 80.0 Å². The monoisotopic (exact) mass is 678 g/mol. The van der Waals surface area contributed by atoms with Crippen molar-refractivity contribution in [1.29, 1.82) is 0 Å². The van der Waals surface area contributed by atoms with Crippen LogP contribution in [0.3, 0.4) is 0 Å². The van der Waals surface area contributed by atoms with Crippen LogP contribution in [0.25, 0.3) is 6.08 Å². The van der Waals surface area contributed by atoms with E-state index < -0.39 is 57.3 Å². The van der Waals surface area contributed by atoms with Crippen molar-refractivity contribution < 1.29 is 53.8 Å².